The predicted octanol–water partition coefficient (Wildman–Crippen LogP) is -0.00520. The Morgan fingerprint density at radius 3 is 2.38 bits per heavy atom. The van der Waals surface area contributed by atoms with E-state index in [9.17, 15) is 13.2 Å². The summed E-state index contributed by atoms with van der Waals surface area (Å²) in [5.41, 5.74) is 6.62. The summed E-state index contributed by atoms with van der Waals surface area (Å²) in [5.74, 6) is 0.241. The monoisotopic (exact) mass is 313 g/mol. The molecule has 1 aromatic rings. The third-order valence-electron chi connectivity index (χ3n) is 3.45. The number of carbonyl (C=O) groups is 1. The highest BCUT2D eigenvalue weighted by Gasteiger charge is 2.27. The van der Waals surface area contributed by atoms with Crippen LogP contribution in [-0.2, 0) is 10.0 Å². The molecule has 7 nitrogen and oxygen atoms in total. The Bertz CT molecular complexity index is 637. The van der Waals surface area contributed by atoms with E-state index in [1.165, 1.54) is 17.7 Å². The van der Waals surface area contributed by atoms with Gasteiger partial charge in [-0.15, -0.1) is 0 Å². The van der Waals surface area contributed by atoms with Crippen molar-refractivity contribution < 1.29 is 17.9 Å². The largest absolute Gasteiger partial charge is 0.496 e. The molecule has 1 heterocycles. The maximum absolute atomic E-state index is 12.5. The molecule has 0 bridgehead atoms. The first kappa shape index (κ1) is 15.6. The van der Waals surface area contributed by atoms with Gasteiger partial charge in [0.1, 0.15) is 5.75 Å². The van der Waals surface area contributed by atoms with Crippen LogP contribution in [0.2, 0.25) is 0 Å². The lowest BCUT2D eigenvalue weighted by Crippen LogP contribution is -2.50. The molecule has 1 amide bonds. The lowest BCUT2D eigenvalue weighted by atomic mass is 10.1. The number of rotatable bonds is 3. The van der Waals surface area contributed by atoms with Crippen molar-refractivity contribution in [1.29, 1.82) is 0 Å². The summed E-state index contributed by atoms with van der Waals surface area (Å²) in [4.78, 5) is 14.1. The maximum Gasteiger partial charge on any atom is 0.257 e. The minimum Gasteiger partial charge on any atom is -0.496 e. The lowest BCUT2D eigenvalue weighted by Gasteiger charge is -2.33. The van der Waals surface area contributed by atoms with Gasteiger partial charge in [0.05, 0.1) is 18.9 Å². The number of sulfonamides is 1. The van der Waals surface area contributed by atoms with Gasteiger partial charge in [0, 0.05) is 37.9 Å². The van der Waals surface area contributed by atoms with Crippen molar-refractivity contribution in [3.8, 4) is 5.75 Å². The number of ether oxygens (including phenoxy) is 1. The normalized spacial score (nSPS) is 16.8. The first-order valence-electron chi connectivity index (χ1n) is 6.51. The van der Waals surface area contributed by atoms with Gasteiger partial charge in [0.25, 0.3) is 5.91 Å². The number of anilines is 1. The molecule has 1 aliphatic heterocycles. The Labute approximate surface area is 124 Å². The highest BCUT2D eigenvalue weighted by molar-refractivity contribution is 7.88. The Hall–Kier alpha value is -1.80. The van der Waals surface area contributed by atoms with E-state index in [1.807, 2.05) is 0 Å². The highest BCUT2D eigenvalue weighted by atomic mass is 32.2. The molecule has 0 spiro atoms. The van der Waals surface area contributed by atoms with E-state index in [-0.39, 0.29) is 5.91 Å². The van der Waals surface area contributed by atoms with Gasteiger partial charge in [-0.25, -0.2) is 8.42 Å². The molecule has 0 aliphatic carbocycles. The zero-order valence-corrected chi connectivity index (χ0v) is 12.9. The van der Waals surface area contributed by atoms with Crippen LogP contribution < -0.4 is 10.5 Å². The van der Waals surface area contributed by atoms with E-state index in [2.05, 4.69) is 0 Å². The topological polar surface area (TPSA) is 92.9 Å². The molecular formula is C13H19N3O4S. The zero-order chi connectivity index (χ0) is 15.6. The number of carbonyl (C=O) groups excluding carboxylic acids is 1. The highest BCUT2D eigenvalue weighted by Crippen LogP contribution is 2.23. The summed E-state index contributed by atoms with van der Waals surface area (Å²) in [6, 6.07) is 4.86. The van der Waals surface area contributed by atoms with E-state index in [0.717, 1.165) is 0 Å². The van der Waals surface area contributed by atoms with Crippen LogP contribution in [0, 0.1) is 0 Å². The number of hydrogen-bond acceptors (Lipinski definition) is 5. The fourth-order valence-electron chi connectivity index (χ4n) is 2.28. The summed E-state index contributed by atoms with van der Waals surface area (Å²) in [6.45, 7) is 1.34. The number of hydrogen-bond donors (Lipinski definition) is 1. The van der Waals surface area contributed by atoms with Crippen molar-refractivity contribution in [2.24, 2.45) is 0 Å². The first-order valence-corrected chi connectivity index (χ1v) is 8.35. The van der Waals surface area contributed by atoms with E-state index >= 15 is 0 Å². The molecule has 0 saturated carbocycles. The molecule has 2 N–H and O–H groups in total. The van der Waals surface area contributed by atoms with Crippen molar-refractivity contribution in [2.45, 2.75) is 0 Å². The van der Waals surface area contributed by atoms with Crippen molar-refractivity contribution in [1.82, 2.24) is 9.21 Å². The van der Waals surface area contributed by atoms with Crippen LogP contribution in [-0.4, -0.2) is 63.1 Å². The summed E-state index contributed by atoms with van der Waals surface area (Å²) in [5, 5.41) is 0. The molecule has 2 rings (SSSR count). The number of amides is 1. The van der Waals surface area contributed by atoms with E-state index in [1.54, 1.807) is 23.1 Å². The van der Waals surface area contributed by atoms with Crippen molar-refractivity contribution in [2.75, 3.05) is 45.3 Å². The maximum atomic E-state index is 12.5. The van der Waals surface area contributed by atoms with Crippen molar-refractivity contribution in [3.63, 3.8) is 0 Å². The van der Waals surface area contributed by atoms with Gasteiger partial charge in [-0.05, 0) is 12.1 Å². The Morgan fingerprint density at radius 2 is 1.86 bits per heavy atom. The fourth-order valence-corrected chi connectivity index (χ4v) is 3.10. The molecule has 1 fully saturated rings. The smallest absolute Gasteiger partial charge is 0.257 e. The molecule has 0 unspecified atom stereocenters. The van der Waals surface area contributed by atoms with Crippen LogP contribution in [0.15, 0.2) is 18.2 Å². The number of nitrogens with zero attached hydrogens (tertiary/aromatic N) is 2. The van der Waals surface area contributed by atoms with Gasteiger partial charge < -0.3 is 15.4 Å². The van der Waals surface area contributed by atoms with Crippen molar-refractivity contribution in [3.05, 3.63) is 23.8 Å². The van der Waals surface area contributed by atoms with Crippen LogP contribution in [0.3, 0.4) is 0 Å². The molecule has 116 valence electrons. The molecule has 8 heteroatoms. The second-order valence-electron chi connectivity index (χ2n) is 4.91. The average Bonchev–Trinajstić information content (AvgIpc) is 2.45. The second kappa shape index (κ2) is 5.90. The van der Waals surface area contributed by atoms with Crippen LogP contribution >= 0.6 is 0 Å². The number of nitrogens with two attached hydrogens (primary N) is 1. The van der Waals surface area contributed by atoms with Gasteiger partial charge >= 0.3 is 0 Å². The minimum atomic E-state index is -3.20. The zero-order valence-electron chi connectivity index (χ0n) is 12.1. The molecule has 21 heavy (non-hydrogen) atoms. The number of benzene rings is 1. The van der Waals surface area contributed by atoms with Crippen LogP contribution in [0.4, 0.5) is 5.69 Å². The third kappa shape index (κ3) is 3.45. The number of nitrogen functional groups attached to an aromatic ring is 1. The lowest BCUT2D eigenvalue weighted by molar-refractivity contribution is 0.0695. The van der Waals surface area contributed by atoms with E-state index in [0.29, 0.717) is 43.2 Å². The predicted molar refractivity (Wildman–Crippen MR) is 79.7 cm³/mol. The second-order valence-corrected chi connectivity index (χ2v) is 6.90. The Balaban J connectivity index is 2.12. The summed E-state index contributed by atoms with van der Waals surface area (Å²) in [6.07, 6.45) is 1.17. The standard InChI is InChI=1S/C13H19N3O4S/c1-20-12-9-10(14)3-4-11(12)13(17)15-5-7-16(8-6-15)21(2,18)19/h3-4,9H,5-8,14H2,1-2H3. The van der Waals surface area contributed by atoms with E-state index < -0.39 is 10.0 Å². The quantitative estimate of drug-likeness (QED) is 0.793. The van der Waals surface area contributed by atoms with Crippen LogP contribution in [0.25, 0.3) is 0 Å². The molecule has 1 saturated heterocycles. The van der Waals surface area contributed by atoms with Crippen molar-refractivity contribution >= 4 is 21.6 Å². The van der Waals surface area contributed by atoms with Gasteiger partial charge in [-0.2, -0.15) is 4.31 Å². The first-order chi connectivity index (χ1) is 9.82. The van der Waals surface area contributed by atoms with Crippen LogP contribution in [0.1, 0.15) is 10.4 Å². The molecule has 0 aromatic heterocycles. The fraction of sp³-hybridized carbons (Fsp3) is 0.462. The summed E-state index contributed by atoms with van der Waals surface area (Å²) >= 11 is 0. The van der Waals surface area contributed by atoms with Gasteiger partial charge in [-0.1, -0.05) is 0 Å². The Kier molecular flexibility index (Phi) is 4.38. The molecule has 1 aliphatic rings. The Morgan fingerprint density at radius 1 is 1.24 bits per heavy atom. The van der Waals surface area contributed by atoms with Crippen LogP contribution in [0.5, 0.6) is 5.75 Å². The average molecular weight is 313 g/mol. The molecule has 1 aromatic carbocycles. The van der Waals surface area contributed by atoms with E-state index in [4.69, 9.17) is 10.5 Å². The molecule has 0 atom stereocenters. The SMILES string of the molecule is COc1cc(N)ccc1C(=O)N1CCN(S(C)(=O)=O)CC1. The summed E-state index contributed by atoms with van der Waals surface area (Å²) < 4.78 is 29.5. The van der Waals surface area contributed by atoms with Gasteiger partial charge in [0.15, 0.2) is 0 Å². The van der Waals surface area contributed by atoms with Gasteiger partial charge in [0.2, 0.25) is 10.0 Å². The number of piperazine rings is 1. The summed E-state index contributed by atoms with van der Waals surface area (Å²) in [7, 11) is -1.72. The van der Waals surface area contributed by atoms with Gasteiger partial charge in [-0.3, -0.25) is 4.79 Å². The third-order valence-corrected chi connectivity index (χ3v) is 4.75. The number of methoxy groups -OCH3 is 1. The molecular weight excluding hydrogens is 294 g/mol. The molecule has 0 radical (unpaired) electrons. The minimum absolute atomic E-state index is 0.181.